The predicted molar refractivity (Wildman–Crippen MR) is 224 cm³/mol. The second-order valence-corrected chi connectivity index (χ2v) is 16.5. The van der Waals surface area contributed by atoms with E-state index in [2.05, 4.69) is 72.8 Å². The van der Waals surface area contributed by atoms with Crippen molar-refractivity contribution in [2.45, 2.75) is 0 Å². The molecule has 0 saturated heterocycles. The Morgan fingerprint density at radius 2 is 0.963 bits per heavy atom. The van der Waals surface area contributed by atoms with Gasteiger partial charge >= 0.3 is 0 Å². The Hall–Kier alpha value is -6.74. The number of hydrogen-bond acceptors (Lipinski definition) is 4. The molecule has 0 unspecified atom stereocenters. The molecule has 0 bridgehead atoms. The molecule has 5 heteroatoms. The zero-order valence-corrected chi connectivity index (χ0v) is 29.8. The lowest BCUT2D eigenvalue weighted by molar-refractivity contribution is 0.592. The molecule has 0 saturated carbocycles. The fraction of sp³-hybridized carbons (Fsp3) is 0. The van der Waals surface area contributed by atoms with E-state index in [0.29, 0.717) is 0 Å². The van der Waals surface area contributed by atoms with Crippen molar-refractivity contribution in [1.82, 2.24) is 4.98 Å². The smallest absolute Gasteiger partial charge is 0.171 e. The number of rotatable bonds is 5. The van der Waals surface area contributed by atoms with Crippen LogP contribution in [0, 0.1) is 0 Å². The lowest BCUT2D eigenvalue weighted by Gasteiger charge is -2.20. The van der Waals surface area contributed by atoms with E-state index in [9.17, 15) is 0 Å². The minimum atomic E-state index is -3.15. The molecule has 3 heterocycles. The van der Waals surface area contributed by atoms with Crippen LogP contribution in [0.2, 0.25) is 0 Å². The predicted octanol–water partition coefficient (Wildman–Crippen LogP) is 12.2. The van der Waals surface area contributed by atoms with Gasteiger partial charge in [0.1, 0.15) is 22.3 Å². The first-order chi connectivity index (χ1) is 26.6. The van der Waals surface area contributed by atoms with Gasteiger partial charge in [0.15, 0.2) is 7.14 Å². The fourth-order valence-electron chi connectivity index (χ4n) is 8.21. The molecule has 254 valence electrons. The van der Waals surface area contributed by atoms with Gasteiger partial charge < -0.3 is 13.4 Å². The number of benzene rings is 8. The SMILES string of the molecule is O=P(c1ccccc1)(c1ccccc1)c1ccc(-c2cc3c(-c4ccc5oc6ccccc6c5c4)nc4ccccc4c3c3c2oc2ccccc23)cc1. The molecule has 0 aliphatic heterocycles. The van der Waals surface area contributed by atoms with Crippen LogP contribution in [0.25, 0.3) is 87.9 Å². The number of fused-ring (bicyclic) bond motifs is 10. The normalized spacial score (nSPS) is 12.1. The molecule has 0 aliphatic rings. The maximum absolute atomic E-state index is 15.2. The quantitative estimate of drug-likeness (QED) is 0.132. The molecule has 0 radical (unpaired) electrons. The number of para-hydroxylation sites is 3. The van der Waals surface area contributed by atoms with Crippen LogP contribution in [-0.4, -0.2) is 4.98 Å². The van der Waals surface area contributed by atoms with Crippen LogP contribution in [-0.2, 0) is 4.57 Å². The van der Waals surface area contributed by atoms with Crippen LogP contribution < -0.4 is 15.9 Å². The molecule has 0 spiro atoms. The van der Waals surface area contributed by atoms with E-state index >= 15 is 4.57 Å². The van der Waals surface area contributed by atoms with Gasteiger partial charge in [-0.2, -0.15) is 0 Å². The lowest BCUT2D eigenvalue weighted by Crippen LogP contribution is -2.24. The maximum Gasteiger partial charge on any atom is 0.171 e. The van der Waals surface area contributed by atoms with Crippen molar-refractivity contribution >= 4 is 88.6 Å². The van der Waals surface area contributed by atoms with Crippen LogP contribution in [0.4, 0.5) is 0 Å². The third kappa shape index (κ3) is 4.57. The molecular formula is C49H30NO3P. The van der Waals surface area contributed by atoms with Crippen LogP contribution >= 0.6 is 7.14 Å². The van der Waals surface area contributed by atoms with Crippen molar-refractivity contribution in [1.29, 1.82) is 0 Å². The van der Waals surface area contributed by atoms with Crippen molar-refractivity contribution < 1.29 is 13.4 Å². The van der Waals surface area contributed by atoms with Crippen LogP contribution in [0.3, 0.4) is 0 Å². The van der Waals surface area contributed by atoms with Crippen molar-refractivity contribution in [3.05, 3.63) is 182 Å². The monoisotopic (exact) mass is 711 g/mol. The van der Waals surface area contributed by atoms with Crippen LogP contribution in [0.15, 0.2) is 191 Å². The van der Waals surface area contributed by atoms with E-state index in [1.54, 1.807) is 0 Å². The van der Waals surface area contributed by atoms with Gasteiger partial charge in [-0.3, -0.25) is 0 Å². The first-order valence-electron chi connectivity index (χ1n) is 18.1. The number of pyridine rings is 1. The van der Waals surface area contributed by atoms with Gasteiger partial charge in [0.25, 0.3) is 0 Å². The van der Waals surface area contributed by atoms with E-state index in [-0.39, 0.29) is 0 Å². The zero-order chi connectivity index (χ0) is 35.8. The Morgan fingerprint density at radius 1 is 0.407 bits per heavy atom. The van der Waals surface area contributed by atoms with Crippen molar-refractivity contribution in [2.75, 3.05) is 0 Å². The Labute approximate surface area is 310 Å². The van der Waals surface area contributed by atoms with E-state index < -0.39 is 7.14 Å². The van der Waals surface area contributed by atoms with Crippen molar-refractivity contribution in [3.63, 3.8) is 0 Å². The highest BCUT2D eigenvalue weighted by molar-refractivity contribution is 7.85. The molecule has 0 atom stereocenters. The van der Waals surface area contributed by atoms with Crippen LogP contribution in [0.5, 0.6) is 0 Å². The summed E-state index contributed by atoms with van der Waals surface area (Å²) in [6.07, 6.45) is 0. The second-order valence-electron chi connectivity index (χ2n) is 13.8. The van der Waals surface area contributed by atoms with E-state index in [0.717, 1.165) is 104 Å². The summed E-state index contributed by atoms with van der Waals surface area (Å²) in [6.45, 7) is 0. The lowest BCUT2D eigenvalue weighted by atomic mass is 9.91. The summed E-state index contributed by atoms with van der Waals surface area (Å²) < 4.78 is 28.2. The third-order valence-corrected chi connectivity index (χ3v) is 13.8. The summed E-state index contributed by atoms with van der Waals surface area (Å²) in [5.41, 5.74) is 8.06. The fourth-order valence-corrected chi connectivity index (χ4v) is 10.9. The Morgan fingerprint density at radius 3 is 1.69 bits per heavy atom. The van der Waals surface area contributed by atoms with Gasteiger partial charge in [-0.05, 0) is 48.0 Å². The Kier molecular flexibility index (Phi) is 6.79. The second kappa shape index (κ2) is 11.9. The van der Waals surface area contributed by atoms with Crippen LogP contribution in [0.1, 0.15) is 0 Å². The minimum absolute atomic E-state index is 0.777. The minimum Gasteiger partial charge on any atom is -0.456 e. The summed E-state index contributed by atoms with van der Waals surface area (Å²) in [5.74, 6) is 0. The van der Waals surface area contributed by atoms with Gasteiger partial charge in [-0.1, -0.05) is 140 Å². The van der Waals surface area contributed by atoms with Gasteiger partial charge in [0, 0.05) is 64.7 Å². The topological polar surface area (TPSA) is 56.2 Å². The number of furan rings is 2. The maximum atomic E-state index is 15.2. The number of nitrogens with zero attached hydrogens (tertiary/aromatic N) is 1. The summed E-state index contributed by atoms with van der Waals surface area (Å²) >= 11 is 0. The molecule has 0 aliphatic carbocycles. The molecule has 0 N–H and O–H groups in total. The Balaban J connectivity index is 1.20. The summed E-state index contributed by atoms with van der Waals surface area (Å²) in [4.78, 5) is 5.37. The van der Waals surface area contributed by atoms with E-state index in [1.807, 2.05) is 109 Å². The highest BCUT2D eigenvalue weighted by Gasteiger charge is 2.30. The summed E-state index contributed by atoms with van der Waals surface area (Å²) in [5, 5.41) is 9.81. The average molecular weight is 712 g/mol. The standard InChI is InChI=1S/C49H30NO3P/c51-54(33-13-3-1-4-14-33,34-15-5-2-6-16-34)35-26-23-31(24-27-35)39-30-41-46(47-38-19-9-12-22-44(38)53-49(39)47)37-18-7-10-20-42(37)50-48(41)32-25-28-45-40(29-32)36-17-8-11-21-43(36)52-45/h1-30H. The number of hydrogen-bond donors (Lipinski definition) is 0. The molecule has 54 heavy (non-hydrogen) atoms. The Bertz CT molecular complexity index is 3250. The third-order valence-electron chi connectivity index (χ3n) is 10.7. The van der Waals surface area contributed by atoms with Gasteiger partial charge in [0.2, 0.25) is 0 Å². The van der Waals surface area contributed by atoms with Crippen molar-refractivity contribution in [3.8, 4) is 22.4 Å². The molecule has 3 aromatic heterocycles. The number of aromatic nitrogens is 1. The first-order valence-corrected chi connectivity index (χ1v) is 19.8. The zero-order valence-electron chi connectivity index (χ0n) is 28.9. The molecule has 0 amide bonds. The van der Waals surface area contributed by atoms with Crippen molar-refractivity contribution in [2.24, 2.45) is 0 Å². The molecular weight excluding hydrogens is 682 g/mol. The average Bonchev–Trinajstić information content (AvgIpc) is 3.82. The highest BCUT2D eigenvalue weighted by Crippen LogP contribution is 2.47. The molecule has 0 fully saturated rings. The largest absolute Gasteiger partial charge is 0.456 e. The molecule has 11 rings (SSSR count). The van der Waals surface area contributed by atoms with E-state index in [1.165, 1.54) is 0 Å². The van der Waals surface area contributed by atoms with Gasteiger partial charge in [-0.25, -0.2) is 4.98 Å². The van der Waals surface area contributed by atoms with Gasteiger partial charge in [0.05, 0.1) is 11.2 Å². The van der Waals surface area contributed by atoms with E-state index in [4.69, 9.17) is 13.8 Å². The summed E-state index contributed by atoms with van der Waals surface area (Å²) in [6, 6.07) is 61.2. The molecule has 4 nitrogen and oxygen atoms in total. The highest BCUT2D eigenvalue weighted by atomic mass is 31.2. The first kappa shape index (κ1) is 30.8. The molecule has 8 aromatic carbocycles. The molecule has 11 aromatic rings. The van der Waals surface area contributed by atoms with Gasteiger partial charge in [-0.15, -0.1) is 0 Å². The summed E-state index contributed by atoms with van der Waals surface area (Å²) in [7, 11) is -3.15.